The van der Waals surface area contributed by atoms with Crippen molar-refractivity contribution in [3.8, 4) is 28.4 Å². The van der Waals surface area contributed by atoms with Crippen molar-refractivity contribution >= 4 is 5.69 Å². The molecule has 132 valence electrons. The molecule has 0 fully saturated rings. The molecule has 0 spiro atoms. The summed E-state index contributed by atoms with van der Waals surface area (Å²) in [5, 5.41) is 22.9. The molecule has 0 aliphatic heterocycles. The van der Waals surface area contributed by atoms with Crippen LogP contribution in [0.25, 0.3) is 22.6 Å². The van der Waals surface area contributed by atoms with Crippen LogP contribution in [0.5, 0.6) is 5.75 Å². The number of nitro benzene ring substituents is 1. The molecule has 2 aromatic carbocycles. The Bertz CT molecular complexity index is 976. The maximum Gasteiger partial charge on any atom is 0.433 e. The highest BCUT2D eigenvalue weighted by Gasteiger charge is 2.34. The number of non-ortho nitro benzene ring substituents is 1. The Kier molecular flexibility index (Phi) is 4.29. The highest BCUT2D eigenvalue weighted by Crippen LogP contribution is 2.35. The highest BCUT2D eigenvalue weighted by atomic mass is 19.4. The number of hydrogen-bond acceptors (Lipinski definition) is 5. The zero-order valence-electron chi connectivity index (χ0n) is 12.9. The van der Waals surface area contributed by atoms with Crippen LogP contribution in [0.1, 0.15) is 5.69 Å². The summed E-state index contributed by atoms with van der Waals surface area (Å²) in [6.45, 7) is 0. The first-order valence-corrected chi connectivity index (χ1v) is 7.23. The van der Waals surface area contributed by atoms with Crippen LogP contribution < -0.4 is 5.11 Å². The quantitative estimate of drug-likeness (QED) is 0.523. The van der Waals surface area contributed by atoms with E-state index in [4.69, 9.17) is 0 Å². The van der Waals surface area contributed by atoms with E-state index in [0.717, 1.165) is 18.2 Å². The van der Waals surface area contributed by atoms with Crippen molar-refractivity contribution in [3.63, 3.8) is 0 Å². The molecule has 0 aliphatic carbocycles. The van der Waals surface area contributed by atoms with Gasteiger partial charge in [0.25, 0.3) is 5.69 Å². The topological polar surface area (TPSA) is 92.0 Å². The Hall–Kier alpha value is -3.49. The van der Waals surface area contributed by atoms with Gasteiger partial charge < -0.3 is 5.11 Å². The van der Waals surface area contributed by atoms with E-state index in [9.17, 15) is 28.4 Å². The lowest BCUT2D eigenvalue weighted by molar-refractivity contribution is -0.385. The molecule has 9 heteroatoms. The molecular formula is C17H9F3N3O3-. The molecule has 0 radical (unpaired) electrons. The first-order chi connectivity index (χ1) is 12.3. The number of nitrogens with zero attached hydrogens (tertiary/aromatic N) is 3. The fourth-order valence-corrected chi connectivity index (χ4v) is 2.28. The molecule has 1 heterocycles. The van der Waals surface area contributed by atoms with E-state index in [1.54, 1.807) is 18.2 Å². The van der Waals surface area contributed by atoms with Gasteiger partial charge in [-0.05, 0) is 11.6 Å². The molecule has 0 saturated carbocycles. The lowest BCUT2D eigenvalue weighted by atomic mass is 10.1. The molecule has 0 aliphatic rings. The normalized spacial score (nSPS) is 11.3. The van der Waals surface area contributed by atoms with E-state index in [1.165, 1.54) is 12.1 Å². The third kappa shape index (κ3) is 3.46. The summed E-state index contributed by atoms with van der Waals surface area (Å²) in [7, 11) is 0. The van der Waals surface area contributed by atoms with E-state index >= 15 is 0 Å². The molecule has 0 unspecified atom stereocenters. The van der Waals surface area contributed by atoms with E-state index in [0.29, 0.717) is 11.6 Å². The van der Waals surface area contributed by atoms with Gasteiger partial charge in [0.1, 0.15) is 5.69 Å². The summed E-state index contributed by atoms with van der Waals surface area (Å²) in [6, 6.07) is 11.3. The maximum atomic E-state index is 13.2. The van der Waals surface area contributed by atoms with E-state index in [2.05, 4.69) is 9.97 Å². The van der Waals surface area contributed by atoms with Crippen LogP contribution >= 0.6 is 0 Å². The standard InChI is InChI=1S/C17H10F3N3O3/c18-17(19,20)15-9-13(12-8-11(23(25)26)6-7-14(12)24)21-16(22-15)10-4-2-1-3-5-10/h1-9,24H/p-1. The van der Waals surface area contributed by atoms with Gasteiger partial charge in [0.2, 0.25) is 0 Å². The third-order valence-electron chi connectivity index (χ3n) is 3.50. The number of halogens is 3. The lowest BCUT2D eigenvalue weighted by Crippen LogP contribution is -2.10. The SMILES string of the molecule is O=[N+]([O-])c1ccc([O-])c(-c2cc(C(F)(F)F)nc(-c3ccccc3)n2)c1. The van der Waals surface area contributed by atoms with Crippen LogP contribution in [0, 0.1) is 10.1 Å². The number of benzene rings is 2. The summed E-state index contributed by atoms with van der Waals surface area (Å²) in [5.41, 5.74) is -1.98. The molecule has 0 N–H and O–H groups in total. The lowest BCUT2D eigenvalue weighted by Gasteiger charge is -2.15. The average molecular weight is 360 g/mol. The van der Waals surface area contributed by atoms with Gasteiger partial charge in [-0.3, -0.25) is 10.1 Å². The number of alkyl halides is 3. The van der Waals surface area contributed by atoms with Gasteiger partial charge in [-0.15, -0.1) is 0 Å². The second-order valence-electron chi connectivity index (χ2n) is 5.26. The van der Waals surface area contributed by atoms with Crippen molar-refractivity contribution in [2.45, 2.75) is 6.18 Å². The molecule has 26 heavy (non-hydrogen) atoms. The van der Waals surface area contributed by atoms with Crippen LogP contribution in [-0.4, -0.2) is 14.9 Å². The Morgan fingerprint density at radius 1 is 0.962 bits per heavy atom. The van der Waals surface area contributed by atoms with Crippen LogP contribution in [0.2, 0.25) is 0 Å². The van der Waals surface area contributed by atoms with Gasteiger partial charge in [-0.25, -0.2) is 9.97 Å². The van der Waals surface area contributed by atoms with Crippen molar-refractivity contribution in [1.82, 2.24) is 9.97 Å². The second-order valence-corrected chi connectivity index (χ2v) is 5.26. The van der Waals surface area contributed by atoms with Crippen molar-refractivity contribution in [3.05, 3.63) is 70.4 Å². The summed E-state index contributed by atoms with van der Waals surface area (Å²) in [5.74, 6) is -0.914. The largest absolute Gasteiger partial charge is 0.872 e. The van der Waals surface area contributed by atoms with Crippen molar-refractivity contribution in [2.24, 2.45) is 0 Å². The molecule has 3 rings (SSSR count). The van der Waals surface area contributed by atoms with Crippen molar-refractivity contribution in [2.75, 3.05) is 0 Å². The Balaban J connectivity index is 2.25. The molecule has 0 saturated heterocycles. The van der Waals surface area contributed by atoms with Gasteiger partial charge in [0.15, 0.2) is 5.82 Å². The zero-order chi connectivity index (χ0) is 18.9. The first-order valence-electron chi connectivity index (χ1n) is 7.23. The summed E-state index contributed by atoms with van der Waals surface area (Å²) in [6.07, 6.45) is -4.77. The van der Waals surface area contributed by atoms with E-state index in [1.807, 2.05) is 0 Å². The van der Waals surface area contributed by atoms with Crippen LogP contribution in [0.4, 0.5) is 18.9 Å². The molecule has 0 bridgehead atoms. The third-order valence-corrected chi connectivity index (χ3v) is 3.50. The average Bonchev–Trinajstić information content (AvgIpc) is 2.61. The molecule has 6 nitrogen and oxygen atoms in total. The predicted molar refractivity (Wildman–Crippen MR) is 84.0 cm³/mol. The van der Waals surface area contributed by atoms with Crippen molar-refractivity contribution in [1.29, 1.82) is 0 Å². The number of nitro groups is 1. The van der Waals surface area contributed by atoms with Crippen LogP contribution in [-0.2, 0) is 6.18 Å². The van der Waals surface area contributed by atoms with Gasteiger partial charge in [-0.2, -0.15) is 13.2 Å². The summed E-state index contributed by atoms with van der Waals surface area (Å²) in [4.78, 5) is 17.7. The molecular weight excluding hydrogens is 351 g/mol. The second kappa shape index (κ2) is 6.43. The number of hydrogen-bond donors (Lipinski definition) is 0. The maximum absolute atomic E-state index is 13.2. The van der Waals surface area contributed by atoms with E-state index in [-0.39, 0.29) is 17.1 Å². The predicted octanol–water partition coefficient (Wildman–Crippen LogP) is 3.81. The van der Waals surface area contributed by atoms with Crippen molar-refractivity contribution < 1.29 is 23.2 Å². The monoisotopic (exact) mass is 360 g/mol. The molecule has 1 aromatic heterocycles. The Morgan fingerprint density at radius 3 is 2.27 bits per heavy atom. The molecule has 3 aromatic rings. The fourth-order valence-electron chi connectivity index (χ4n) is 2.28. The number of rotatable bonds is 3. The Morgan fingerprint density at radius 2 is 1.65 bits per heavy atom. The summed E-state index contributed by atoms with van der Waals surface area (Å²) >= 11 is 0. The summed E-state index contributed by atoms with van der Waals surface area (Å²) < 4.78 is 39.6. The van der Waals surface area contributed by atoms with Crippen LogP contribution in [0.3, 0.4) is 0 Å². The minimum Gasteiger partial charge on any atom is -0.872 e. The Labute approximate surface area is 144 Å². The number of aromatic nitrogens is 2. The minimum atomic E-state index is -4.77. The molecule has 0 atom stereocenters. The van der Waals surface area contributed by atoms with E-state index < -0.39 is 28.2 Å². The van der Waals surface area contributed by atoms with Crippen LogP contribution in [0.15, 0.2) is 54.6 Å². The smallest absolute Gasteiger partial charge is 0.433 e. The van der Waals surface area contributed by atoms with Gasteiger partial charge in [0, 0.05) is 17.7 Å². The minimum absolute atomic E-state index is 0.235. The zero-order valence-corrected chi connectivity index (χ0v) is 12.9. The fraction of sp³-hybridized carbons (Fsp3) is 0.0588. The van der Waals surface area contributed by atoms with Gasteiger partial charge in [0.05, 0.1) is 10.6 Å². The van der Waals surface area contributed by atoms with Gasteiger partial charge >= 0.3 is 6.18 Å². The first kappa shape index (κ1) is 17.3. The van der Waals surface area contributed by atoms with Gasteiger partial charge in [-0.1, -0.05) is 42.1 Å². The molecule has 0 amide bonds. The highest BCUT2D eigenvalue weighted by molar-refractivity contribution is 5.71.